The Hall–Kier alpha value is -2.52. The van der Waals surface area contributed by atoms with Crippen molar-refractivity contribution in [1.29, 1.82) is 0 Å². The van der Waals surface area contributed by atoms with Gasteiger partial charge in [0.25, 0.3) is 0 Å². The summed E-state index contributed by atoms with van der Waals surface area (Å²) in [6.07, 6.45) is 0.804. The summed E-state index contributed by atoms with van der Waals surface area (Å²) in [5.41, 5.74) is 1.86. The van der Waals surface area contributed by atoms with E-state index in [9.17, 15) is 17.2 Å². The first-order valence-corrected chi connectivity index (χ1v) is 11.0. The zero-order chi connectivity index (χ0) is 21.4. The van der Waals surface area contributed by atoms with E-state index in [2.05, 4.69) is 15.6 Å². The molecule has 0 heterocycles. The monoisotopic (exact) mass is 425 g/mol. The van der Waals surface area contributed by atoms with Crippen LogP contribution in [0.2, 0.25) is 0 Å². The fraction of sp³-hybridized carbons (Fsp3) is 0.350. The number of nitrogens with zero attached hydrogens (tertiary/aromatic N) is 1. The lowest BCUT2D eigenvalue weighted by molar-refractivity contribution is 0.106. The maximum atomic E-state index is 13.6. The molecule has 0 radical (unpaired) electrons. The summed E-state index contributed by atoms with van der Waals surface area (Å²) in [6, 6.07) is 10.0. The van der Waals surface area contributed by atoms with E-state index in [0.717, 1.165) is 11.8 Å². The molecule has 1 unspecified atom stereocenters. The van der Waals surface area contributed by atoms with Gasteiger partial charge in [-0.1, -0.05) is 18.2 Å². The quantitative estimate of drug-likeness (QED) is 0.502. The molecule has 0 amide bonds. The zero-order valence-electron chi connectivity index (χ0n) is 16.6. The highest BCUT2D eigenvalue weighted by atomic mass is 32.2. The van der Waals surface area contributed by atoms with E-state index in [1.54, 1.807) is 26.3 Å². The van der Waals surface area contributed by atoms with Gasteiger partial charge < -0.3 is 15.4 Å². The highest BCUT2D eigenvalue weighted by Gasteiger charge is 2.13. The molecule has 0 aliphatic heterocycles. The minimum atomic E-state index is -3.25. The molecule has 9 heteroatoms. The van der Waals surface area contributed by atoms with Crippen molar-refractivity contribution in [3.63, 3.8) is 0 Å². The minimum absolute atomic E-state index is 0.174. The van der Waals surface area contributed by atoms with Gasteiger partial charge >= 0.3 is 0 Å². The van der Waals surface area contributed by atoms with Crippen molar-refractivity contribution in [2.45, 2.75) is 18.4 Å². The first kappa shape index (κ1) is 22.8. The molecule has 6 nitrogen and oxygen atoms in total. The lowest BCUT2D eigenvalue weighted by Crippen LogP contribution is -2.39. The Morgan fingerprint density at radius 1 is 1.07 bits per heavy atom. The molecule has 0 spiro atoms. The second-order valence-corrected chi connectivity index (χ2v) is 8.71. The highest BCUT2D eigenvalue weighted by molar-refractivity contribution is 7.89. The minimum Gasteiger partial charge on any atom is -0.375 e. The van der Waals surface area contributed by atoms with Crippen LogP contribution in [0, 0.1) is 11.6 Å². The Kier molecular flexibility index (Phi) is 8.10. The molecule has 2 rings (SSSR count). The van der Waals surface area contributed by atoms with Gasteiger partial charge in [-0.3, -0.25) is 4.99 Å². The number of hydrogen-bond donors (Lipinski definition) is 2. The Balaban J connectivity index is 2.02. The van der Waals surface area contributed by atoms with Gasteiger partial charge in [-0.05, 0) is 41.0 Å². The van der Waals surface area contributed by atoms with Crippen LogP contribution in [0.15, 0.2) is 47.5 Å². The van der Waals surface area contributed by atoms with Crippen molar-refractivity contribution >= 4 is 15.8 Å². The van der Waals surface area contributed by atoms with Crippen LogP contribution in [0.3, 0.4) is 0 Å². The molecular formula is C20H25F2N3O3S. The summed E-state index contributed by atoms with van der Waals surface area (Å²) >= 11 is 0. The van der Waals surface area contributed by atoms with Crippen LogP contribution in [-0.2, 0) is 26.9 Å². The predicted octanol–water partition coefficient (Wildman–Crippen LogP) is 2.56. The average Bonchev–Trinajstić information content (AvgIpc) is 2.66. The Bertz CT molecular complexity index is 948. The van der Waals surface area contributed by atoms with Crippen LogP contribution in [0.25, 0.3) is 0 Å². The fourth-order valence-electron chi connectivity index (χ4n) is 2.79. The number of hydrogen-bond acceptors (Lipinski definition) is 4. The Morgan fingerprint density at radius 3 is 2.31 bits per heavy atom. The van der Waals surface area contributed by atoms with Gasteiger partial charge in [0.1, 0.15) is 11.6 Å². The highest BCUT2D eigenvalue weighted by Crippen LogP contribution is 2.16. The molecule has 2 N–H and O–H groups in total. The third-order valence-corrected chi connectivity index (χ3v) is 5.07. The summed E-state index contributed by atoms with van der Waals surface area (Å²) in [7, 11) is -0.121. The average molecular weight is 426 g/mol. The standard InChI is InChI=1S/C20H25F2N3O3S/c1-23-20(25-12-19(28-2)14-4-7-17(21)8-5-14)24-11-16-10-18(22)9-6-15(16)13-29(3,26)27/h4-10,19H,11-13H2,1-3H3,(H2,23,24,25). The van der Waals surface area contributed by atoms with Crippen LogP contribution in [0.4, 0.5) is 8.78 Å². The van der Waals surface area contributed by atoms with Gasteiger partial charge in [0.05, 0.1) is 11.9 Å². The van der Waals surface area contributed by atoms with Crippen LogP contribution >= 0.6 is 0 Å². The molecule has 0 fully saturated rings. The molecule has 0 saturated heterocycles. The van der Waals surface area contributed by atoms with E-state index in [1.807, 2.05) is 0 Å². The summed E-state index contributed by atoms with van der Waals surface area (Å²) in [5.74, 6) is -0.511. The van der Waals surface area contributed by atoms with E-state index >= 15 is 0 Å². The third kappa shape index (κ3) is 7.43. The van der Waals surface area contributed by atoms with E-state index in [-0.39, 0.29) is 24.2 Å². The second kappa shape index (κ2) is 10.3. The summed E-state index contributed by atoms with van der Waals surface area (Å²) in [4.78, 5) is 4.11. The van der Waals surface area contributed by atoms with Gasteiger partial charge in [-0.15, -0.1) is 0 Å². The molecule has 2 aromatic rings. The van der Waals surface area contributed by atoms with Crippen molar-refractivity contribution in [2.24, 2.45) is 4.99 Å². The molecule has 0 saturated carbocycles. The molecule has 0 aliphatic rings. The van der Waals surface area contributed by atoms with Crippen molar-refractivity contribution in [2.75, 3.05) is 27.0 Å². The van der Waals surface area contributed by atoms with E-state index in [0.29, 0.717) is 23.6 Å². The van der Waals surface area contributed by atoms with Crippen LogP contribution in [0.1, 0.15) is 22.8 Å². The molecule has 0 aromatic heterocycles. The number of halogens is 2. The van der Waals surface area contributed by atoms with E-state index in [4.69, 9.17) is 4.74 Å². The Morgan fingerprint density at radius 2 is 1.72 bits per heavy atom. The number of rotatable bonds is 8. The molecule has 2 aromatic carbocycles. The topological polar surface area (TPSA) is 79.8 Å². The molecule has 158 valence electrons. The second-order valence-electron chi connectivity index (χ2n) is 6.57. The summed E-state index contributed by atoms with van der Waals surface area (Å²) in [5, 5.41) is 6.14. The third-order valence-electron chi connectivity index (χ3n) is 4.24. The number of nitrogens with one attached hydrogen (secondary N) is 2. The molecule has 0 bridgehead atoms. The van der Waals surface area contributed by atoms with Crippen LogP contribution in [0.5, 0.6) is 0 Å². The number of guanidine groups is 1. The summed E-state index contributed by atoms with van der Waals surface area (Å²) < 4.78 is 55.4. The van der Waals surface area contributed by atoms with Crippen molar-refractivity contribution < 1.29 is 21.9 Å². The maximum absolute atomic E-state index is 13.6. The predicted molar refractivity (Wildman–Crippen MR) is 109 cm³/mol. The number of ether oxygens (including phenoxy) is 1. The number of aliphatic imine (C=N–C) groups is 1. The fourth-order valence-corrected chi connectivity index (χ4v) is 3.63. The SMILES string of the molecule is CN=C(NCc1cc(F)ccc1CS(C)(=O)=O)NCC(OC)c1ccc(F)cc1. The smallest absolute Gasteiger partial charge is 0.191 e. The zero-order valence-corrected chi connectivity index (χ0v) is 17.4. The number of sulfone groups is 1. The first-order chi connectivity index (χ1) is 13.7. The largest absolute Gasteiger partial charge is 0.375 e. The molecule has 29 heavy (non-hydrogen) atoms. The van der Waals surface area contributed by atoms with Gasteiger partial charge in [0, 0.05) is 33.5 Å². The van der Waals surface area contributed by atoms with Gasteiger partial charge in [-0.25, -0.2) is 17.2 Å². The number of benzene rings is 2. The van der Waals surface area contributed by atoms with E-state index in [1.165, 1.54) is 30.3 Å². The lowest BCUT2D eigenvalue weighted by atomic mass is 10.1. The van der Waals surface area contributed by atoms with Crippen LogP contribution < -0.4 is 10.6 Å². The normalized spacial score (nSPS) is 13.2. The summed E-state index contributed by atoms with van der Waals surface area (Å²) in [6.45, 7) is 0.553. The number of methoxy groups -OCH3 is 1. The molecule has 0 aliphatic carbocycles. The van der Waals surface area contributed by atoms with Crippen LogP contribution in [-0.4, -0.2) is 41.3 Å². The molecule has 1 atom stereocenters. The first-order valence-electron chi connectivity index (χ1n) is 8.89. The molecular weight excluding hydrogens is 400 g/mol. The van der Waals surface area contributed by atoms with Crippen molar-refractivity contribution in [3.8, 4) is 0 Å². The van der Waals surface area contributed by atoms with Gasteiger partial charge in [-0.2, -0.15) is 0 Å². The maximum Gasteiger partial charge on any atom is 0.191 e. The van der Waals surface area contributed by atoms with Gasteiger partial charge in [0.2, 0.25) is 0 Å². The lowest BCUT2D eigenvalue weighted by Gasteiger charge is -2.19. The Labute approximate surface area is 169 Å². The van der Waals surface area contributed by atoms with E-state index < -0.39 is 15.7 Å². The van der Waals surface area contributed by atoms with Crippen molar-refractivity contribution in [1.82, 2.24) is 10.6 Å². The van der Waals surface area contributed by atoms with Crippen molar-refractivity contribution in [3.05, 3.63) is 70.8 Å². The van der Waals surface area contributed by atoms with Gasteiger partial charge in [0.15, 0.2) is 15.8 Å².